The van der Waals surface area contributed by atoms with Gasteiger partial charge in [-0.05, 0) is 12.8 Å². The lowest BCUT2D eigenvalue weighted by Crippen LogP contribution is -2.11. The molecule has 1 rings (SSSR count). The summed E-state index contributed by atoms with van der Waals surface area (Å²) in [4.78, 5) is 0. The lowest BCUT2D eigenvalue weighted by molar-refractivity contribution is 0.0856. The first kappa shape index (κ1) is 10.7. The van der Waals surface area contributed by atoms with Crippen LogP contribution in [0.25, 0.3) is 0 Å². The van der Waals surface area contributed by atoms with Gasteiger partial charge in [0.2, 0.25) is 0 Å². The fourth-order valence-electron chi connectivity index (χ4n) is 1.52. The zero-order valence-corrected chi connectivity index (χ0v) is 8.66. The van der Waals surface area contributed by atoms with Gasteiger partial charge in [0.1, 0.15) is 0 Å². The Labute approximate surface area is 80.9 Å². The van der Waals surface area contributed by atoms with Gasteiger partial charge in [0.25, 0.3) is 0 Å². The molecule has 0 saturated carbocycles. The van der Waals surface area contributed by atoms with E-state index < -0.39 is 0 Å². The van der Waals surface area contributed by atoms with Gasteiger partial charge in [-0.15, -0.1) is 0 Å². The van der Waals surface area contributed by atoms with E-state index in [0.717, 1.165) is 19.6 Å². The minimum Gasteiger partial charge on any atom is -0.381 e. The quantitative estimate of drug-likeness (QED) is 0.466. The zero-order valence-electron chi connectivity index (χ0n) is 8.66. The third kappa shape index (κ3) is 3.92. The van der Waals surface area contributed by atoms with E-state index in [2.05, 4.69) is 19.1 Å². The molecule has 0 heterocycles. The number of hydrogen-bond acceptors (Lipinski definition) is 2. The Morgan fingerprint density at radius 2 is 2.23 bits per heavy atom. The fourth-order valence-corrected chi connectivity index (χ4v) is 1.52. The summed E-state index contributed by atoms with van der Waals surface area (Å²) in [6.45, 7) is 3.94. The number of hydrogen-bond donors (Lipinski definition) is 0. The Morgan fingerprint density at radius 3 is 2.85 bits per heavy atom. The van der Waals surface area contributed by atoms with E-state index in [1.165, 1.54) is 12.8 Å². The van der Waals surface area contributed by atoms with E-state index in [9.17, 15) is 0 Å². The second kappa shape index (κ2) is 6.17. The molecule has 13 heavy (non-hydrogen) atoms. The molecule has 0 aromatic heterocycles. The van der Waals surface area contributed by atoms with Gasteiger partial charge in [0, 0.05) is 19.6 Å². The molecule has 0 aromatic carbocycles. The summed E-state index contributed by atoms with van der Waals surface area (Å²) in [5, 5.41) is 0. The lowest BCUT2D eigenvalue weighted by Gasteiger charge is -2.10. The molecular weight excluding hydrogens is 164 g/mol. The summed E-state index contributed by atoms with van der Waals surface area (Å²) in [7, 11) is 1.76. The summed E-state index contributed by atoms with van der Waals surface area (Å²) >= 11 is 0. The van der Waals surface area contributed by atoms with E-state index in [1.807, 2.05) is 0 Å². The zero-order chi connectivity index (χ0) is 9.52. The highest BCUT2D eigenvalue weighted by atomic mass is 16.5. The van der Waals surface area contributed by atoms with Crippen LogP contribution in [0.1, 0.15) is 26.2 Å². The number of methoxy groups -OCH3 is 1. The highest BCUT2D eigenvalue weighted by Crippen LogP contribution is 2.19. The first-order chi connectivity index (χ1) is 6.36. The third-order valence-corrected chi connectivity index (χ3v) is 2.41. The Hall–Kier alpha value is -0.340. The maximum Gasteiger partial charge on any atom is 0.0758 e. The van der Waals surface area contributed by atoms with E-state index in [1.54, 1.807) is 7.11 Å². The van der Waals surface area contributed by atoms with Gasteiger partial charge in [0.05, 0.1) is 12.7 Å². The first-order valence-electron chi connectivity index (χ1n) is 5.15. The van der Waals surface area contributed by atoms with Crippen LogP contribution in [-0.2, 0) is 9.47 Å². The molecule has 0 aromatic rings. The summed E-state index contributed by atoms with van der Waals surface area (Å²) in [6.07, 6.45) is 8.13. The van der Waals surface area contributed by atoms with Gasteiger partial charge in [-0.3, -0.25) is 0 Å². The average Bonchev–Trinajstić information content (AvgIpc) is 2.60. The summed E-state index contributed by atoms with van der Waals surface area (Å²) in [5.41, 5.74) is 0. The van der Waals surface area contributed by atoms with Crippen molar-refractivity contribution in [3.8, 4) is 0 Å². The highest BCUT2D eigenvalue weighted by molar-refractivity contribution is 5.03. The largest absolute Gasteiger partial charge is 0.381 e. The van der Waals surface area contributed by atoms with Crippen LogP contribution in [0.4, 0.5) is 0 Å². The van der Waals surface area contributed by atoms with E-state index in [0.29, 0.717) is 12.0 Å². The first-order valence-corrected chi connectivity index (χ1v) is 5.15. The van der Waals surface area contributed by atoms with Crippen LogP contribution >= 0.6 is 0 Å². The normalized spacial score (nSPS) is 26.9. The maximum absolute atomic E-state index is 5.54. The van der Waals surface area contributed by atoms with Gasteiger partial charge in [0.15, 0.2) is 0 Å². The monoisotopic (exact) mass is 184 g/mol. The van der Waals surface area contributed by atoms with Gasteiger partial charge in [-0.2, -0.15) is 0 Å². The number of rotatable bonds is 6. The molecule has 2 unspecified atom stereocenters. The number of ether oxygens (including phenoxy) is 2. The van der Waals surface area contributed by atoms with E-state index in [4.69, 9.17) is 9.47 Å². The van der Waals surface area contributed by atoms with Crippen molar-refractivity contribution in [3.63, 3.8) is 0 Å². The molecule has 0 bridgehead atoms. The minimum atomic E-state index is 0.319. The second-order valence-electron chi connectivity index (χ2n) is 3.58. The van der Waals surface area contributed by atoms with Crippen LogP contribution in [-0.4, -0.2) is 26.4 Å². The standard InChI is InChI=1S/C11H20O2/c1-3-4-7-13-9-10-5-6-11(8-10)12-2/h5-6,10-11H,3-4,7-9H2,1-2H3. The Balaban J connectivity index is 2.01. The maximum atomic E-state index is 5.54. The van der Waals surface area contributed by atoms with Crippen LogP contribution in [0, 0.1) is 5.92 Å². The highest BCUT2D eigenvalue weighted by Gasteiger charge is 2.17. The van der Waals surface area contributed by atoms with Crippen LogP contribution in [0.3, 0.4) is 0 Å². The summed E-state index contributed by atoms with van der Waals surface area (Å²) in [6, 6.07) is 0. The molecule has 1 aliphatic rings. The SMILES string of the molecule is CCCCOCC1C=CC(OC)C1. The van der Waals surface area contributed by atoms with Crippen LogP contribution in [0.2, 0.25) is 0 Å². The predicted molar refractivity (Wildman–Crippen MR) is 53.8 cm³/mol. The van der Waals surface area contributed by atoms with Crippen molar-refractivity contribution in [3.05, 3.63) is 12.2 Å². The molecular formula is C11H20O2. The molecule has 0 radical (unpaired) electrons. The molecule has 0 aliphatic heterocycles. The van der Waals surface area contributed by atoms with E-state index in [-0.39, 0.29) is 0 Å². The van der Waals surface area contributed by atoms with Crippen LogP contribution in [0.15, 0.2) is 12.2 Å². The van der Waals surface area contributed by atoms with Crippen molar-refractivity contribution in [2.45, 2.75) is 32.3 Å². The molecule has 76 valence electrons. The lowest BCUT2D eigenvalue weighted by atomic mass is 10.1. The van der Waals surface area contributed by atoms with Crippen molar-refractivity contribution in [2.24, 2.45) is 5.92 Å². The van der Waals surface area contributed by atoms with Crippen molar-refractivity contribution < 1.29 is 9.47 Å². The van der Waals surface area contributed by atoms with Gasteiger partial charge in [-0.25, -0.2) is 0 Å². The molecule has 0 fully saturated rings. The third-order valence-electron chi connectivity index (χ3n) is 2.41. The van der Waals surface area contributed by atoms with Gasteiger partial charge in [-0.1, -0.05) is 25.5 Å². The van der Waals surface area contributed by atoms with Gasteiger partial charge < -0.3 is 9.47 Å². The average molecular weight is 184 g/mol. The fraction of sp³-hybridized carbons (Fsp3) is 0.818. The second-order valence-corrected chi connectivity index (χ2v) is 3.58. The molecule has 2 atom stereocenters. The Kier molecular flexibility index (Phi) is 5.09. The van der Waals surface area contributed by atoms with Crippen molar-refractivity contribution >= 4 is 0 Å². The van der Waals surface area contributed by atoms with Gasteiger partial charge >= 0.3 is 0 Å². The molecule has 2 nitrogen and oxygen atoms in total. The summed E-state index contributed by atoms with van der Waals surface area (Å²) in [5.74, 6) is 0.571. The Morgan fingerprint density at radius 1 is 1.38 bits per heavy atom. The predicted octanol–water partition coefficient (Wildman–Crippen LogP) is 2.39. The van der Waals surface area contributed by atoms with Crippen molar-refractivity contribution in [1.82, 2.24) is 0 Å². The molecule has 0 N–H and O–H groups in total. The molecule has 2 heteroatoms. The van der Waals surface area contributed by atoms with Crippen LogP contribution in [0.5, 0.6) is 0 Å². The van der Waals surface area contributed by atoms with Crippen molar-refractivity contribution in [1.29, 1.82) is 0 Å². The topological polar surface area (TPSA) is 18.5 Å². The van der Waals surface area contributed by atoms with E-state index >= 15 is 0 Å². The molecule has 0 amide bonds. The molecule has 0 saturated heterocycles. The smallest absolute Gasteiger partial charge is 0.0758 e. The van der Waals surface area contributed by atoms with Crippen LogP contribution < -0.4 is 0 Å². The summed E-state index contributed by atoms with van der Waals surface area (Å²) < 4.78 is 10.8. The Bertz CT molecular complexity index is 154. The minimum absolute atomic E-state index is 0.319. The number of unbranched alkanes of at least 4 members (excludes halogenated alkanes) is 1. The molecule has 0 spiro atoms. The molecule has 1 aliphatic carbocycles. The van der Waals surface area contributed by atoms with Crippen molar-refractivity contribution in [2.75, 3.05) is 20.3 Å².